The Morgan fingerprint density at radius 1 is 0.591 bits per heavy atom. The highest BCUT2D eigenvalue weighted by Gasteiger charge is 2.39. The van der Waals surface area contributed by atoms with Crippen molar-refractivity contribution in [3.63, 3.8) is 0 Å². The molecule has 0 aliphatic heterocycles. The lowest BCUT2D eigenvalue weighted by Crippen LogP contribution is -2.40. The number of terminal acetylenes is 2. The highest BCUT2D eigenvalue weighted by Crippen LogP contribution is 2.43. The third-order valence-electron chi connectivity index (χ3n) is 5.11. The summed E-state index contributed by atoms with van der Waals surface area (Å²) in [5, 5.41) is 0. The molecule has 0 aromatic heterocycles. The predicted molar refractivity (Wildman–Crippen MR) is 94.8 cm³/mol. The van der Waals surface area contributed by atoms with Crippen molar-refractivity contribution in [1.29, 1.82) is 0 Å². The van der Waals surface area contributed by atoms with Crippen LogP contribution in [0.25, 0.3) is 0 Å². The SMILES string of the molecule is C#Cc1ccc(C(C)(C)C(C)(C)c2ccc(C#C)cc2)cc1. The average Bonchev–Trinajstić information content (AvgIpc) is 2.54. The van der Waals surface area contributed by atoms with Gasteiger partial charge >= 0.3 is 0 Å². The molecule has 0 fully saturated rings. The highest BCUT2D eigenvalue weighted by molar-refractivity contribution is 5.42. The van der Waals surface area contributed by atoms with E-state index in [1.165, 1.54) is 11.1 Å². The fourth-order valence-corrected chi connectivity index (χ4v) is 2.69. The van der Waals surface area contributed by atoms with Crippen molar-refractivity contribution in [2.75, 3.05) is 0 Å². The van der Waals surface area contributed by atoms with Gasteiger partial charge in [0.25, 0.3) is 0 Å². The molecule has 0 saturated carbocycles. The Kier molecular flexibility index (Phi) is 4.16. The Labute approximate surface area is 134 Å². The Morgan fingerprint density at radius 2 is 0.864 bits per heavy atom. The fourth-order valence-electron chi connectivity index (χ4n) is 2.69. The highest BCUT2D eigenvalue weighted by atomic mass is 14.4. The summed E-state index contributed by atoms with van der Waals surface area (Å²) in [6.45, 7) is 9.08. The summed E-state index contributed by atoms with van der Waals surface area (Å²) in [5.41, 5.74) is 4.29. The molecule has 0 N–H and O–H groups in total. The first-order valence-electron chi connectivity index (χ1n) is 7.47. The number of hydrogen-bond acceptors (Lipinski definition) is 0. The minimum absolute atomic E-state index is 0.0439. The monoisotopic (exact) mass is 286 g/mol. The summed E-state index contributed by atoms with van der Waals surface area (Å²) in [5.74, 6) is 5.34. The van der Waals surface area contributed by atoms with Crippen molar-refractivity contribution in [2.24, 2.45) is 0 Å². The summed E-state index contributed by atoms with van der Waals surface area (Å²) >= 11 is 0. The Morgan fingerprint density at radius 3 is 1.09 bits per heavy atom. The van der Waals surface area contributed by atoms with E-state index in [0.29, 0.717) is 0 Å². The second-order valence-electron chi connectivity index (χ2n) is 6.69. The molecule has 0 nitrogen and oxygen atoms in total. The first kappa shape index (κ1) is 15.9. The van der Waals surface area contributed by atoms with E-state index in [-0.39, 0.29) is 10.8 Å². The Bertz CT molecular complexity index is 659. The van der Waals surface area contributed by atoms with Gasteiger partial charge in [0.05, 0.1) is 0 Å². The first-order valence-corrected chi connectivity index (χ1v) is 7.47. The molecule has 0 heteroatoms. The van der Waals surface area contributed by atoms with Crippen LogP contribution in [0.2, 0.25) is 0 Å². The van der Waals surface area contributed by atoms with Crippen LogP contribution in [0.5, 0.6) is 0 Å². The maximum absolute atomic E-state index is 5.45. The molecule has 22 heavy (non-hydrogen) atoms. The molecule has 2 rings (SSSR count). The molecule has 0 aliphatic rings. The zero-order valence-electron chi connectivity index (χ0n) is 13.8. The molecule has 0 saturated heterocycles. The van der Waals surface area contributed by atoms with Crippen LogP contribution in [0.4, 0.5) is 0 Å². The molecule has 0 aliphatic carbocycles. The van der Waals surface area contributed by atoms with Crippen molar-refractivity contribution in [3.05, 3.63) is 70.8 Å². The standard InChI is InChI=1S/C22H22/c1-7-17-9-13-19(14-10-17)21(3,4)22(5,6)20-15-11-18(8-2)12-16-20/h1-2,9-16H,3-6H3. The summed E-state index contributed by atoms with van der Waals surface area (Å²) in [6, 6.07) is 16.6. The topological polar surface area (TPSA) is 0 Å². The van der Waals surface area contributed by atoms with E-state index in [4.69, 9.17) is 12.8 Å². The van der Waals surface area contributed by atoms with E-state index < -0.39 is 0 Å². The second-order valence-corrected chi connectivity index (χ2v) is 6.69. The van der Waals surface area contributed by atoms with Gasteiger partial charge in [0, 0.05) is 11.1 Å². The van der Waals surface area contributed by atoms with Gasteiger partial charge in [0.15, 0.2) is 0 Å². The van der Waals surface area contributed by atoms with Crippen LogP contribution in [0.3, 0.4) is 0 Å². The van der Waals surface area contributed by atoms with Crippen molar-refractivity contribution < 1.29 is 0 Å². The predicted octanol–water partition coefficient (Wildman–Crippen LogP) is 4.90. The van der Waals surface area contributed by atoms with E-state index in [2.05, 4.69) is 63.8 Å². The Balaban J connectivity index is 2.44. The third kappa shape index (κ3) is 2.66. The molecule has 2 aromatic carbocycles. The third-order valence-corrected chi connectivity index (χ3v) is 5.11. The molecule has 110 valence electrons. The first-order chi connectivity index (χ1) is 10.3. The molecule has 0 amide bonds. The molecule has 0 atom stereocenters. The summed E-state index contributed by atoms with van der Waals surface area (Å²) in [6.07, 6.45) is 10.9. The molecular weight excluding hydrogens is 264 g/mol. The molecule has 0 unspecified atom stereocenters. The van der Waals surface area contributed by atoms with Gasteiger partial charge in [0.1, 0.15) is 0 Å². The molecule has 0 radical (unpaired) electrons. The minimum Gasteiger partial charge on any atom is -0.115 e. The van der Waals surface area contributed by atoms with Gasteiger partial charge in [-0.05, 0) is 46.2 Å². The van der Waals surface area contributed by atoms with Crippen LogP contribution in [0, 0.1) is 24.7 Å². The van der Waals surface area contributed by atoms with Crippen molar-refractivity contribution in [3.8, 4) is 24.7 Å². The Hall–Kier alpha value is -2.44. The van der Waals surface area contributed by atoms with Crippen LogP contribution < -0.4 is 0 Å². The van der Waals surface area contributed by atoms with Crippen molar-refractivity contribution in [2.45, 2.75) is 38.5 Å². The summed E-state index contributed by atoms with van der Waals surface area (Å²) in [7, 11) is 0. The van der Waals surface area contributed by atoms with E-state index in [9.17, 15) is 0 Å². The smallest absolute Gasteiger partial charge is 0.0242 e. The van der Waals surface area contributed by atoms with E-state index in [0.717, 1.165) is 11.1 Å². The van der Waals surface area contributed by atoms with Crippen molar-refractivity contribution in [1.82, 2.24) is 0 Å². The van der Waals surface area contributed by atoms with Crippen LogP contribution in [0.15, 0.2) is 48.5 Å². The van der Waals surface area contributed by atoms with Crippen LogP contribution in [0.1, 0.15) is 49.9 Å². The van der Waals surface area contributed by atoms with Crippen LogP contribution in [-0.2, 0) is 10.8 Å². The van der Waals surface area contributed by atoms with Gasteiger partial charge in [0.2, 0.25) is 0 Å². The lowest BCUT2D eigenvalue weighted by Gasteiger charge is -2.43. The maximum atomic E-state index is 5.45. The lowest BCUT2D eigenvalue weighted by molar-refractivity contribution is 0.303. The molecule has 0 bridgehead atoms. The molecule has 2 aromatic rings. The van der Waals surface area contributed by atoms with Gasteiger partial charge < -0.3 is 0 Å². The van der Waals surface area contributed by atoms with Gasteiger partial charge in [-0.25, -0.2) is 0 Å². The summed E-state index contributed by atoms with van der Waals surface area (Å²) < 4.78 is 0. The van der Waals surface area contributed by atoms with Crippen LogP contribution >= 0.6 is 0 Å². The largest absolute Gasteiger partial charge is 0.115 e. The zero-order chi connectivity index (χ0) is 16.4. The number of benzene rings is 2. The molecule has 0 spiro atoms. The number of hydrogen-bond donors (Lipinski definition) is 0. The number of rotatable bonds is 3. The van der Waals surface area contributed by atoms with E-state index in [1.54, 1.807) is 0 Å². The van der Waals surface area contributed by atoms with E-state index >= 15 is 0 Å². The van der Waals surface area contributed by atoms with Gasteiger partial charge in [-0.15, -0.1) is 12.8 Å². The van der Waals surface area contributed by atoms with Gasteiger partial charge in [-0.1, -0.05) is 63.8 Å². The maximum Gasteiger partial charge on any atom is 0.0242 e. The zero-order valence-corrected chi connectivity index (χ0v) is 13.8. The van der Waals surface area contributed by atoms with E-state index in [1.807, 2.05) is 24.3 Å². The second kappa shape index (κ2) is 5.75. The molecular formula is C22H22. The fraction of sp³-hybridized carbons (Fsp3) is 0.273. The van der Waals surface area contributed by atoms with Gasteiger partial charge in [-0.2, -0.15) is 0 Å². The van der Waals surface area contributed by atoms with Crippen molar-refractivity contribution >= 4 is 0 Å². The molecule has 0 heterocycles. The minimum atomic E-state index is -0.0439. The normalized spacial score (nSPS) is 11.5. The van der Waals surface area contributed by atoms with Crippen LogP contribution in [-0.4, -0.2) is 0 Å². The van der Waals surface area contributed by atoms with Gasteiger partial charge in [-0.3, -0.25) is 0 Å². The lowest BCUT2D eigenvalue weighted by atomic mass is 9.61. The quantitative estimate of drug-likeness (QED) is 0.704. The summed E-state index contributed by atoms with van der Waals surface area (Å²) in [4.78, 5) is 0. The average molecular weight is 286 g/mol.